The van der Waals surface area contributed by atoms with Gasteiger partial charge in [0.2, 0.25) is 0 Å². The van der Waals surface area contributed by atoms with Crippen LogP contribution in [-0.4, -0.2) is 23.1 Å². The zero-order chi connectivity index (χ0) is 24.9. The van der Waals surface area contributed by atoms with Gasteiger partial charge >= 0.3 is 0 Å². The van der Waals surface area contributed by atoms with E-state index in [0.717, 1.165) is 48.2 Å². The molecule has 2 heterocycles. The van der Waals surface area contributed by atoms with E-state index >= 15 is 0 Å². The van der Waals surface area contributed by atoms with E-state index < -0.39 is 0 Å². The van der Waals surface area contributed by atoms with E-state index in [4.69, 9.17) is 9.97 Å². The third kappa shape index (κ3) is 5.31. The minimum atomic E-state index is 0.874. The van der Waals surface area contributed by atoms with Crippen LogP contribution in [0.3, 0.4) is 0 Å². The van der Waals surface area contributed by atoms with Crippen LogP contribution in [0.4, 0.5) is 0 Å². The van der Waals surface area contributed by atoms with Crippen molar-refractivity contribution >= 4 is 43.6 Å². The van der Waals surface area contributed by atoms with E-state index in [1.165, 1.54) is 51.9 Å². The molecule has 0 spiro atoms. The number of fused-ring (bicyclic) bond motifs is 4. The van der Waals surface area contributed by atoms with Crippen LogP contribution in [-0.2, 0) is 13.1 Å². The van der Waals surface area contributed by atoms with Gasteiger partial charge in [-0.2, -0.15) is 0 Å². The highest BCUT2D eigenvalue weighted by Gasteiger charge is 2.06. The summed E-state index contributed by atoms with van der Waals surface area (Å²) in [6.45, 7) is 3.80. The van der Waals surface area contributed by atoms with Crippen molar-refractivity contribution < 1.29 is 0 Å². The highest BCUT2D eigenvalue weighted by molar-refractivity contribution is 5.95. The van der Waals surface area contributed by atoms with Gasteiger partial charge in [-0.25, -0.2) is 9.97 Å². The van der Waals surface area contributed by atoms with Gasteiger partial charge < -0.3 is 10.6 Å². The van der Waals surface area contributed by atoms with Crippen molar-refractivity contribution in [3.63, 3.8) is 0 Å². The molecule has 0 saturated carbocycles. The Morgan fingerprint density at radius 2 is 0.919 bits per heavy atom. The third-order valence-corrected chi connectivity index (χ3v) is 7.14. The SMILES string of the molecule is c1ccc2nc3cccc(CNCCCCCNCc4cccc5nc6ccccc6cc45)c3cc2c1. The van der Waals surface area contributed by atoms with Crippen LogP contribution in [0.15, 0.2) is 97.1 Å². The molecule has 0 aliphatic heterocycles. The molecule has 6 aromatic rings. The minimum absolute atomic E-state index is 0.874. The highest BCUT2D eigenvalue weighted by Crippen LogP contribution is 2.24. The molecule has 6 rings (SSSR count). The number of aromatic nitrogens is 2. The minimum Gasteiger partial charge on any atom is -0.313 e. The molecule has 0 aliphatic carbocycles. The molecular weight excluding hydrogens is 452 g/mol. The number of nitrogens with zero attached hydrogens (tertiary/aromatic N) is 2. The van der Waals surface area contributed by atoms with Gasteiger partial charge in [0.05, 0.1) is 22.1 Å². The smallest absolute Gasteiger partial charge is 0.0712 e. The van der Waals surface area contributed by atoms with Crippen LogP contribution in [0.5, 0.6) is 0 Å². The molecule has 4 heteroatoms. The predicted molar refractivity (Wildman–Crippen MR) is 156 cm³/mol. The predicted octanol–water partition coefficient (Wildman–Crippen LogP) is 7.14. The van der Waals surface area contributed by atoms with Crippen molar-refractivity contribution in [2.24, 2.45) is 0 Å². The molecule has 184 valence electrons. The topological polar surface area (TPSA) is 49.8 Å². The Kier molecular flexibility index (Phi) is 7.02. The second kappa shape index (κ2) is 11.0. The molecule has 2 N–H and O–H groups in total. The Balaban J connectivity index is 0.954. The van der Waals surface area contributed by atoms with E-state index in [2.05, 4.69) is 95.6 Å². The Hall–Kier alpha value is -3.86. The molecule has 0 unspecified atom stereocenters. The first kappa shape index (κ1) is 23.5. The molecule has 0 saturated heterocycles. The number of unbranched alkanes of at least 4 members (excludes halogenated alkanes) is 2. The lowest BCUT2D eigenvalue weighted by Gasteiger charge is -2.10. The maximum absolute atomic E-state index is 4.84. The molecular formula is C33H32N4. The van der Waals surface area contributed by atoms with E-state index in [1.807, 2.05) is 12.1 Å². The standard InChI is InChI=1S/C33H32N4/c1(6-18-34-22-26-12-8-16-32-28(26)20-24-10-2-4-14-30(24)36-32)7-19-35-23-27-13-9-17-33-29(27)21-25-11-3-5-15-31(25)37-33/h2-5,8-17,20-21,34-35H,1,6-7,18-19,22-23H2. The summed E-state index contributed by atoms with van der Waals surface area (Å²) in [5, 5.41) is 12.2. The largest absolute Gasteiger partial charge is 0.313 e. The zero-order valence-corrected chi connectivity index (χ0v) is 21.1. The van der Waals surface area contributed by atoms with Crippen molar-refractivity contribution in [3.8, 4) is 0 Å². The number of para-hydroxylation sites is 2. The number of rotatable bonds is 10. The summed E-state index contributed by atoms with van der Waals surface area (Å²) in [6.07, 6.45) is 3.57. The van der Waals surface area contributed by atoms with Gasteiger partial charge in [0.25, 0.3) is 0 Å². The summed E-state index contributed by atoms with van der Waals surface area (Å²) in [6, 6.07) is 34.1. The third-order valence-electron chi connectivity index (χ3n) is 7.14. The number of nitrogens with one attached hydrogen (secondary N) is 2. The summed E-state index contributed by atoms with van der Waals surface area (Å²) >= 11 is 0. The first-order valence-electron chi connectivity index (χ1n) is 13.3. The monoisotopic (exact) mass is 484 g/mol. The quantitative estimate of drug-likeness (QED) is 0.160. The molecule has 2 aromatic heterocycles. The maximum atomic E-state index is 4.84. The normalized spacial score (nSPS) is 11.7. The van der Waals surface area contributed by atoms with Crippen molar-refractivity contribution in [3.05, 3.63) is 108 Å². The summed E-state index contributed by atoms with van der Waals surface area (Å²) in [5.41, 5.74) is 6.88. The van der Waals surface area contributed by atoms with Crippen molar-refractivity contribution in [2.75, 3.05) is 13.1 Å². The fourth-order valence-corrected chi connectivity index (χ4v) is 5.15. The van der Waals surface area contributed by atoms with E-state index in [9.17, 15) is 0 Å². The van der Waals surface area contributed by atoms with Gasteiger partial charge in [0, 0.05) is 34.6 Å². The second-order valence-electron chi connectivity index (χ2n) is 9.74. The Labute approximate surface area is 217 Å². The molecule has 4 nitrogen and oxygen atoms in total. The Morgan fingerprint density at radius 1 is 0.459 bits per heavy atom. The molecule has 0 radical (unpaired) electrons. The lowest BCUT2D eigenvalue weighted by atomic mass is 10.1. The lowest BCUT2D eigenvalue weighted by molar-refractivity contribution is 0.573. The van der Waals surface area contributed by atoms with Crippen molar-refractivity contribution in [1.82, 2.24) is 20.6 Å². The highest BCUT2D eigenvalue weighted by atomic mass is 14.9. The van der Waals surface area contributed by atoms with Gasteiger partial charge in [-0.15, -0.1) is 0 Å². The van der Waals surface area contributed by atoms with Crippen LogP contribution >= 0.6 is 0 Å². The number of pyridine rings is 2. The molecule has 4 aromatic carbocycles. The van der Waals surface area contributed by atoms with Crippen molar-refractivity contribution in [1.29, 1.82) is 0 Å². The second-order valence-corrected chi connectivity index (χ2v) is 9.74. The van der Waals surface area contributed by atoms with Gasteiger partial charge in [-0.1, -0.05) is 67.1 Å². The van der Waals surface area contributed by atoms with Gasteiger partial charge in [-0.05, 0) is 73.5 Å². The van der Waals surface area contributed by atoms with E-state index in [1.54, 1.807) is 0 Å². The summed E-state index contributed by atoms with van der Waals surface area (Å²) in [5.74, 6) is 0. The van der Waals surface area contributed by atoms with Crippen LogP contribution in [0.25, 0.3) is 43.6 Å². The summed E-state index contributed by atoms with van der Waals surface area (Å²) in [7, 11) is 0. The first-order chi connectivity index (χ1) is 18.3. The number of hydrogen-bond donors (Lipinski definition) is 2. The van der Waals surface area contributed by atoms with Crippen LogP contribution in [0, 0.1) is 0 Å². The maximum Gasteiger partial charge on any atom is 0.0712 e. The molecule has 0 aliphatic rings. The van der Waals surface area contributed by atoms with Gasteiger partial charge in [0.1, 0.15) is 0 Å². The Bertz CT molecular complexity index is 1550. The molecule has 0 bridgehead atoms. The molecule has 0 fully saturated rings. The van der Waals surface area contributed by atoms with Gasteiger partial charge in [0.15, 0.2) is 0 Å². The number of benzene rings is 4. The molecule has 0 atom stereocenters. The van der Waals surface area contributed by atoms with E-state index in [-0.39, 0.29) is 0 Å². The van der Waals surface area contributed by atoms with E-state index in [0.29, 0.717) is 0 Å². The molecule has 0 amide bonds. The fourth-order valence-electron chi connectivity index (χ4n) is 5.15. The van der Waals surface area contributed by atoms with Crippen LogP contribution < -0.4 is 10.6 Å². The van der Waals surface area contributed by atoms with Crippen molar-refractivity contribution in [2.45, 2.75) is 32.4 Å². The van der Waals surface area contributed by atoms with Crippen LogP contribution in [0.2, 0.25) is 0 Å². The number of hydrogen-bond acceptors (Lipinski definition) is 4. The summed E-state index contributed by atoms with van der Waals surface area (Å²) in [4.78, 5) is 9.68. The zero-order valence-electron chi connectivity index (χ0n) is 21.1. The van der Waals surface area contributed by atoms with Crippen LogP contribution in [0.1, 0.15) is 30.4 Å². The first-order valence-corrected chi connectivity index (χ1v) is 13.3. The summed E-state index contributed by atoms with van der Waals surface area (Å²) < 4.78 is 0. The average molecular weight is 485 g/mol. The Morgan fingerprint density at radius 3 is 1.43 bits per heavy atom. The fraction of sp³-hybridized carbons (Fsp3) is 0.212. The average Bonchev–Trinajstić information content (AvgIpc) is 2.94. The molecule has 37 heavy (non-hydrogen) atoms. The van der Waals surface area contributed by atoms with Gasteiger partial charge in [-0.3, -0.25) is 0 Å². The lowest BCUT2D eigenvalue weighted by Crippen LogP contribution is -2.17.